The lowest BCUT2D eigenvalue weighted by atomic mass is 10.2. The normalized spacial score (nSPS) is 20.8. The highest BCUT2D eigenvalue weighted by molar-refractivity contribution is 7.09. The van der Waals surface area contributed by atoms with Crippen LogP contribution in [-0.2, 0) is 24.4 Å². The van der Waals surface area contributed by atoms with Crippen LogP contribution in [0.1, 0.15) is 48.0 Å². The minimum Gasteiger partial charge on any atom is -0.350 e. The molecule has 3 heterocycles. The molecule has 0 radical (unpaired) electrons. The largest absolute Gasteiger partial charge is 0.350 e. The number of hydrogen-bond donors (Lipinski definition) is 1. The maximum absolute atomic E-state index is 11.8. The summed E-state index contributed by atoms with van der Waals surface area (Å²) in [5.74, 6) is 1.53. The van der Waals surface area contributed by atoms with Gasteiger partial charge >= 0.3 is 0 Å². The Kier molecular flexibility index (Phi) is 4.14. The van der Waals surface area contributed by atoms with E-state index in [1.165, 1.54) is 0 Å². The highest BCUT2D eigenvalue weighted by Gasteiger charge is 2.30. The molecule has 0 spiro atoms. The van der Waals surface area contributed by atoms with Gasteiger partial charge in [0, 0.05) is 30.9 Å². The SMILES string of the molecule is Cc1nc(CN2CCn3c(CNC(=O)C4CC4)cnc3C2C)cs1. The van der Waals surface area contributed by atoms with Crippen molar-refractivity contribution in [3.63, 3.8) is 0 Å². The lowest BCUT2D eigenvalue weighted by Crippen LogP contribution is -2.37. The average molecular weight is 345 g/mol. The molecule has 1 aliphatic heterocycles. The number of aryl methyl sites for hydroxylation is 1. The van der Waals surface area contributed by atoms with E-state index < -0.39 is 0 Å². The second-order valence-electron chi connectivity index (χ2n) is 6.76. The van der Waals surface area contributed by atoms with Crippen molar-refractivity contribution in [1.82, 2.24) is 24.8 Å². The molecule has 2 aromatic rings. The van der Waals surface area contributed by atoms with E-state index in [9.17, 15) is 4.79 Å². The number of aromatic nitrogens is 3. The van der Waals surface area contributed by atoms with Crippen molar-refractivity contribution >= 4 is 17.2 Å². The third kappa shape index (κ3) is 3.10. The standard InChI is InChI=1S/C17H23N5OS/c1-11-16-18-7-15(8-19-17(23)13-3-4-13)22(16)6-5-21(11)9-14-10-24-12(2)20-14/h7,10-11,13H,3-6,8-9H2,1-2H3,(H,19,23). The van der Waals surface area contributed by atoms with Crippen LogP contribution in [0.2, 0.25) is 0 Å². The van der Waals surface area contributed by atoms with Crippen molar-refractivity contribution in [2.45, 2.75) is 52.4 Å². The predicted octanol–water partition coefficient (Wildman–Crippen LogP) is 2.25. The monoisotopic (exact) mass is 345 g/mol. The van der Waals surface area contributed by atoms with Gasteiger partial charge in [0.2, 0.25) is 5.91 Å². The number of imidazole rings is 1. The van der Waals surface area contributed by atoms with Gasteiger partial charge in [0.05, 0.1) is 35.2 Å². The minimum absolute atomic E-state index is 0.190. The van der Waals surface area contributed by atoms with E-state index >= 15 is 0 Å². The van der Waals surface area contributed by atoms with Gasteiger partial charge in [0.15, 0.2) is 0 Å². The Hall–Kier alpha value is -1.73. The maximum Gasteiger partial charge on any atom is 0.223 e. The molecule has 2 aliphatic rings. The molecule has 1 saturated carbocycles. The van der Waals surface area contributed by atoms with Crippen LogP contribution in [0.5, 0.6) is 0 Å². The number of fused-ring (bicyclic) bond motifs is 1. The van der Waals surface area contributed by atoms with Crippen LogP contribution < -0.4 is 5.32 Å². The second kappa shape index (κ2) is 6.29. The van der Waals surface area contributed by atoms with Gasteiger partial charge in [-0.05, 0) is 26.7 Å². The summed E-state index contributed by atoms with van der Waals surface area (Å²) in [6.45, 7) is 7.58. The fourth-order valence-corrected chi connectivity index (χ4v) is 3.92. The molecule has 7 heteroatoms. The third-order valence-electron chi connectivity index (χ3n) is 4.92. The Bertz CT molecular complexity index is 748. The van der Waals surface area contributed by atoms with E-state index in [1.54, 1.807) is 11.3 Å². The molecule has 2 aromatic heterocycles. The van der Waals surface area contributed by atoms with Gasteiger partial charge in [-0.1, -0.05) is 0 Å². The highest BCUT2D eigenvalue weighted by Crippen LogP contribution is 2.29. The Labute approximate surface area is 145 Å². The Balaban J connectivity index is 1.43. The molecule has 1 aliphatic carbocycles. The summed E-state index contributed by atoms with van der Waals surface area (Å²) in [6.07, 6.45) is 3.99. The number of nitrogens with zero attached hydrogens (tertiary/aromatic N) is 4. The van der Waals surface area contributed by atoms with Gasteiger partial charge in [-0.3, -0.25) is 9.69 Å². The van der Waals surface area contributed by atoms with Crippen LogP contribution in [0.4, 0.5) is 0 Å². The second-order valence-corrected chi connectivity index (χ2v) is 7.82. The quantitative estimate of drug-likeness (QED) is 0.903. The molecular formula is C17H23N5OS. The first-order chi connectivity index (χ1) is 11.6. The molecule has 1 unspecified atom stereocenters. The number of rotatable bonds is 5. The average Bonchev–Trinajstić information content (AvgIpc) is 3.22. The molecule has 0 saturated heterocycles. The molecule has 4 rings (SSSR count). The van der Waals surface area contributed by atoms with Crippen molar-refractivity contribution in [1.29, 1.82) is 0 Å². The van der Waals surface area contributed by atoms with E-state index in [4.69, 9.17) is 0 Å². The highest BCUT2D eigenvalue weighted by atomic mass is 32.1. The van der Waals surface area contributed by atoms with Gasteiger partial charge in [-0.15, -0.1) is 11.3 Å². The molecule has 1 fully saturated rings. The van der Waals surface area contributed by atoms with Gasteiger partial charge in [0.1, 0.15) is 5.82 Å². The Morgan fingerprint density at radius 3 is 2.96 bits per heavy atom. The smallest absolute Gasteiger partial charge is 0.223 e. The summed E-state index contributed by atoms with van der Waals surface area (Å²) in [6, 6.07) is 0.258. The number of amides is 1. The van der Waals surface area contributed by atoms with Gasteiger partial charge < -0.3 is 9.88 Å². The fourth-order valence-electron chi connectivity index (χ4n) is 3.32. The maximum atomic E-state index is 11.8. The van der Waals surface area contributed by atoms with Gasteiger partial charge in [0.25, 0.3) is 0 Å². The van der Waals surface area contributed by atoms with E-state index in [0.29, 0.717) is 6.54 Å². The van der Waals surface area contributed by atoms with Crippen LogP contribution in [0.3, 0.4) is 0 Å². The van der Waals surface area contributed by atoms with Crippen LogP contribution >= 0.6 is 11.3 Å². The van der Waals surface area contributed by atoms with Crippen molar-refractivity contribution in [3.05, 3.63) is 33.8 Å². The Morgan fingerprint density at radius 2 is 2.25 bits per heavy atom. The molecule has 128 valence electrons. The zero-order valence-corrected chi connectivity index (χ0v) is 15.0. The van der Waals surface area contributed by atoms with E-state index in [2.05, 4.69) is 37.1 Å². The van der Waals surface area contributed by atoms with Crippen LogP contribution in [0.15, 0.2) is 11.6 Å². The van der Waals surface area contributed by atoms with E-state index in [-0.39, 0.29) is 17.9 Å². The first-order valence-electron chi connectivity index (χ1n) is 8.59. The van der Waals surface area contributed by atoms with Crippen molar-refractivity contribution < 1.29 is 4.79 Å². The molecule has 1 amide bonds. The van der Waals surface area contributed by atoms with Gasteiger partial charge in [-0.2, -0.15) is 0 Å². The molecule has 1 N–H and O–H groups in total. The zero-order chi connectivity index (χ0) is 16.7. The first-order valence-corrected chi connectivity index (χ1v) is 9.47. The van der Waals surface area contributed by atoms with Crippen molar-refractivity contribution in [3.8, 4) is 0 Å². The summed E-state index contributed by atoms with van der Waals surface area (Å²) in [4.78, 5) is 23.5. The molecule has 0 bridgehead atoms. The molecule has 24 heavy (non-hydrogen) atoms. The van der Waals surface area contributed by atoms with Crippen LogP contribution in [0, 0.1) is 12.8 Å². The Morgan fingerprint density at radius 1 is 1.42 bits per heavy atom. The summed E-state index contributed by atoms with van der Waals surface area (Å²) in [5.41, 5.74) is 2.25. The van der Waals surface area contributed by atoms with Gasteiger partial charge in [-0.25, -0.2) is 9.97 Å². The molecule has 6 nitrogen and oxygen atoms in total. The third-order valence-corrected chi connectivity index (χ3v) is 5.75. The zero-order valence-electron chi connectivity index (χ0n) is 14.2. The first kappa shape index (κ1) is 15.8. The topological polar surface area (TPSA) is 63.1 Å². The number of carbonyl (C=O) groups excluding carboxylic acids is 1. The lowest BCUT2D eigenvalue weighted by molar-refractivity contribution is -0.122. The summed E-state index contributed by atoms with van der Waals surface area (Å²) in [7, 11) is 0. The van der Waals surface area contributed by atoms with Crippen LogP contribution in [0.25, 0.3) is 0 Å². The number of hydrogen-bond acceptors (Lipinski definition) is 5. The number of nitrogens with one attached hydrogen (secondary N) is 1. The predicted molar refractivity (Wildman–Crippen MR) is 92.5 cm³/mol. The van der Waals surface area contributed by atoms with E-state index in [0.717, 1.165) is 54.7 Å². The van der Waals surface area contributed by atoms with E-state index in [1.807, 2.05) is 13.1 Å². The molecular weight excluding hydrogens is 322 g/mol. The summed E-state index contributed by atoms with van der Waals surface area (Å²) in [5, 5.41) is 6.30. The number of thiazole rings is 1. The summed E-state index contributed by atoms with van der Waals surface area (Å²) < 4.78 is 2.26. The minimum atomic E-state index is 0.190. The molecule has 0 aromatic carbocycles. The lowest BCUT2D eigenvalue weighted by Gasteiger charge is -2.34. The van der Waals surface area contributed by atoms with Crippen molar-refractivity contribution in [2.75, 3.05) is 6.54 Å². The van der Waals surface area contributed by atoms with Crippen molar-refractivity contribution in [2.24, 2.45) is 5.92 Å². The number of carbonyl (C=O) groups is 1. The summed E-state index contributed by atoms with van der Waals surface area (Å²) >= 11 is 1.70. The fraction of sp³-hybridized carbons (Fsp3) is 0.588. The molecule has 1 atom stereocenters. The van der Waals surface area contributed by atoms with Crippen LogP contribution in [-0.4, -0.2) is 31.9 Å².